The fourth-order valence-electron chi connectivity index (χ4n) is 1.84. The van der Waals surface area contributed by atoms with Gasteiger partial charge < -0.3 is 15.1 Å². The molecule has 0 aliphatic heterocycles. The average molecular weight is 314 g/mol. The summed E-state index contributed by atoms with van der Waals surface area (Å²) in [6, 6.07) is 14.1. The molecule has 0 aliphatic rings. The Morgan fingerprint density at radius 3 is 2.64 bits per heavy atom. The molecule has 1 amide bonds. The van der Waals surface area contributed by atoms with Gasteiger partial charge in [-0.3, -0.25) is 4.79 Å². The van der Waals surface area contributed by atoms with Crippen molar-refractivity contribution < 1.29 is 9.21 Å². The van der Waals surface area contributed by atoms with Gasteiger partial charge in [0.05, 0.1) is 28.9 Å². The van der Waals surface area contributed by atoms with Crippen LogP contribution in [0.3, 0.4) is 0 Å². The summed E-state index contributed by atoms with van der Waals surface area (Å²) in [6.07, 6.45) is 3.00. The number of carbonyl (C=O) groups is 1. The molecule has 0 radical (unpaired) electrons. The summed E-state index contributed by atoms with van der Waals surface area (Å²) in [7, 11) is 0. The average Bonchev–Trinajstić information content (AvgIpc) is 3.06. The summed E-state index contributed by atoms with van der Waals surface area (Å²) in [5.41, 5.74) is 1.34. The second-order valence-corrected chi connectivity index (χ2v) is 4.88. The lowest BCUT2D eigenvalue weighted by Gasteiger charge is -2.08. The Bertz CT molecular complexity index is 770. The zero-order valence-corrected chi connectivity index (χ0v) is 12.2. The topological polar surface area (TPSA) is 67.2 Å². The molecule has 3 aromatic rings. The van der Waals surface area contributed by atoms with Crippen LogP contribution in [0.4, 0.5) is 17.2 Å². The molecule has 0 saturated heterocycles. The van der Waals surface area contributed by atoms with E-state index in [1.807, 2.05) is 18.2 Å². The zero-order chi connectivity index (χ0) is 15.4. The number of hydrogen-bond acceptors (Lipinski definition) is 4. The summed E-state index contributed by atoms with van der Waals surface area (Å²) < 4.78 is 5.02. The third kappa shape index (κ3) is 3.27. The predicted octanol–water partition coefficient (Wildman–Crippen LogP) is 4.32. The molecule has 0 bridgehead atoms. The predicted molar refractivity (Wildman–Crippen MR) is 85.6 cm³/mol. The minimum atomic E-state index is -0.321. The monoisotopic (exact) mass is 313 g/mol. The maximum atomic E-state index is 11.8. The van der Waals surface area contributed by atoms with Crippen LogP contribution in [0.15, 0.2) is 65.4 Å². The van der Waals surface area contributed by atoms with Gasteiger partial charge in [0.2, 0.25) is 0 Å². The molecule has 0 aliphatic carbocycles. The summed E-state index contributed by atoms with van der Waals surface area (Å²) in [5.74, 6) is 0.556. The second kappa shape index (κ2) is 6.32. The molecule has 5 nitrogen and oxygen atoms in total. The Kier molecular flexibility index (Phi) is 4.07. The second-order valence-electron chi connectivity index (χ2n) is 4.47. The number of aromatic nitrogens is 1. The number of carbonyl (C=O) groups excluding carboxylic acids is 1. The Morgan fingerprint density at radius 1 is 1.09 bits per heavy atom. The first kappa shape index (κ1) is 14.2. The SMILES string of the molecule is O=C(Nc1ccc(Nc2ccccc2Cl)nc1)c1ccco1. The number of halogens is 1. The largest absolute Gasteiger partial charge is 0.459 e. The molecule has 110 valence electrons. The van der Waals surface area contributed by atoms with Crippen molar-refractivity contribution in [3.8, 4) is 0 Å². The smallest absolute Gasteiger partial charge is 0.291 e. The number of para-hydroxylation sites is 1. The van der Waals surface area contributed by atoms with E-state index in [1.54, 1.807) is 36.5 Å². The number of pyridine rings is 1. The third-order valence-electron chi connectivity index (χ3n) is 2.90. The van der Waals surface area contributed by atoms with Crippen LogP contribution in [0.1, 0.15) is 10.6 Å². The van der Waals surface area contributed by atoms with E-state index in [2.05, 4.69) is 15.6 Å². The summed E-state index contributed by atoms with van der Waals surface area (Å²) in [4.78, 5) is 16.1. The van der Waals surface area contributed by atoms with Crippen LogP contribution in [0.2, 0.25) is 5.02 Å². The Balaban J connectivity index is 1.68. The van der Waals surface area contributed by atoms with Gasteiger partial charge in [0, 0.05) is 0 Å². The lowest BCUT2D eigenvalue weighted by Crippen LogP contribution is -2.11. The standard InChI is InChI=1S/C16H12ClN3O2/c17-12-4-1-2-5-13(12)20-15-8-7-11(10-18-15)19-16(21)14-6-3-9-22-14/h1-10H,(H,18,20)(H,19,21). The fraction of sp³-hybridized carbons (Fsp3) is 0. The number of furan rings is 1. The van der Waals surface area contributed by atoms with Gasteiger partial charge in [0.1, 0.15) is 5.82 Å². The van der Waals surface area contributed by atoms with Crippen molar-refractivity contribution in [3.05, 3.63) is 71.8 Å². The highest BCUT2D eigenvalue weighted by Crippen LogP contribution is 2.24. The molecule has 2 N–H and O–H groups in total. The van der Waals surface area contributed by atoms with Crippen molar-refractivity contribution in [1.82, 2.24) is 4.98 Å². The van der Waals surface area contributed by atoms with E-state index in [0.29, 0.717) is 16.5 Å². The van der Waals surface area contributed by atoms with E-state index in [4.69, 9.17) is 16.0 Å². The van der Waals surface area contributed by atoms with Crippen molar-refractivity contribution in [2.75, 3.05) is 10.6 Å². The van der Waals surface area contributed by atoms with Crippen molar-refractivity contribution in [1.29, 1.82) is 0 Å². The number of rotatable bonds is 4. The van der Waals surface area contributed by atoms with Gasteiger partial charge in [0.25, 0.3) is 5.91 Å². The van der Waals surface area contributed by atoms with Gasteiger partial charge in [-0.05, 0) is 36.4 Å². The quantitative estimate of drug-likeness (QED) is 0.752. The molecular formula is C16H12ClN3O2. The Hall–Kier alpha value is -2.79. The number of hydrogen-bond donors (Lipinski definition) is 2. The van der Waals surface area contributed by atoms with Crippen LogP contribution in [0.5, 0.6) is 0 Å². The summed E-state index contributed by atoms with van der Waals surface area (Å²) >= 11 is 6.07. The number of nitrogens with one attached hydrogen (secondary N) is 2. The molecule has 2 aromatic heterocycles. The number of benzene rings is 1. The molecule has 0 saturated carbocycles. The normalized spacial score (nSPS) is 10.2. The summed E-state index contributed by atoms with van der Waals surface area (Å²) in [5, 5.41) is 6.41. The van der Waals surface area contributed by atoms with Crippen LogP contribution in [0.25, 0.3) is 0 Å². The first-order valence-electron chi connectivity index (χ1n) is 6.55. The highest BCUT2D eigenvalue weighted by Gasteiger charge is 2.08. The van der Waals surface area contributed by atoms with Gasteiger partial charge in [-0.25, -0.2) is 4.98 Å². The lowest BCUT2D eigenvalue weighted by atomic mass is 10.3. The van der Waals surface area contributed by atoms with Crippen LogP contribution in [-0.2, 0) is 0 Å². The molecule has 1 aromatic carbocycles. The minimum absolute atomic E-state index is 0.248. The van der Waals surface area contributed by atoms with E-state index in [0.717, 1.165) is 5.69 Å². The van der Waals surface area contributed by atoms with E-state index < -0.39 is 0 Å². The zero-order valence-electron chi connectivity index (χ0n) is 11.4. The maximum Gasteiger partial charge on any atom is 0.291 e. The van der Waals surface area contributed by atoms with Crippen molar-refractivity contribution in [2.24, 2.45) is 0 Å². The van der Waals surface area contributed by atoms with Gasteiger partial charge in [0.15, 0.2) is 5.76 Å². The maximum absolute atomic E-state index is 11.8. The Labute approximate surface area is 131 Å². The molecule has 3 rings (SSSR count). The molecular weight excluding hydrogens is 302 g/mol. The van der Waals surface area contributed by atoms with Crippen LogP contribution < -0.4 is 10.6 Å². The highest BCUT2D eigenvalue weighted by molar-refractivity contribution is 6.33. The molecule has 0 unspecified atom stereocenters. The van der Waals surface area contributed by atoms with Crippen molar-refractivity contribution >= 4 is 34.7 Å². The molecule has 0 fully saturated rings. The first-order chi connectivity index (χ1) is 10.7. The van der Waals surface area contributed by atoms with Gasteiger partial charge >= 0.3 is 0 Å². The molecule has 0 spiro atoms. The number of anilines is 3. The van der Waals surface area contributed by atoms with Crippen LogP contribution in [-0.4, -0.2) is 10.9 Å². The first-order valence-corrected chi connectivity index (χ1v) is 6.92. The van der Waals surface area contributed by atoms with E-state index in [-0.39, 0.29) is 11.7 Å². The third-order valence-corrected chi connectivity index (χ3v) is 3.23. The lowest BCUT2D eigenvalue weighted by molar-refractivity contribution is 0.0996. The molecule has 6 heteroatoms. The van der Waals surface area contributed by atoms with Gasteiger partial charge in [-0.15, -0.1) is 0 Å². The Morgan fingerprint density at radius 2 is 1.95 bits per heavy atom. The van der Waals surface area contributed by atoms with E-state index in [1.165, 1.54) is 6.26 Å². The van der Waals surface area contributed by atoms with Crippen molar-refractivity contribution in [2.45, 2.75) is 0 Å². The van der Waals surface area contributed by atoms with Gasteiger partial charge in [-0.2, -0.15) is 0 Å². The molecule has 0 atom stereocenters. The van der Waals surface area contributed by atoms with Gasteiger partial charge in [-0.1, -0.05) is 23.7 Å². The van der Waals surface area contributed by atoms with E-state index in [9.17, 15) is 4.79 Å². The number of amides is 1. The number of nitrogens with zero attached hydrogens (tertiary/aromatic N) is 1. The van der Waals surface area contributed by atoms with Crippen molar-refractivity contribution in [3.63, 3.8) is 0 Å². The van der Waals surface area contributed by atoms with Crippen LogP contribution in [0, 0.1) is 0 Å². The summed E-state index contributed by atoms with van der Waals surface area (Å²) in [6.45, 7) is 0. The fourth-order valence-corrected chi connectivity index (χ4v) is 2.03. The molecule has 22 heavy (non-hydrogen) atoms. The van der Waals surface area contributed by atoms with Crippen LogP contribution >= 0.6 is 11.6 Å². The van der Waals surface area contributed by atoms with E-state index >= 15 is 0 Å². The molecule has 2 heterocycles. The highest BCUT2D eigenvalue weighted by atomic mass is 35.5. The minimum Gasteiger partial charge on any atom is -0.459 e.